The summed E-state index contributed by atoms with van der Waals surface area (Å²) in [5.41, 5.74) is 0. The van der Waals surface area contributed by atoms with E-state index in [-0.39, 0.29) is 0 Å². The molecular formula is C6H8. The Kier molecular flexibility index (Phi) is 3.80. The molecule has 0 bridgehead atoms. The quantitative estimate of drug-likeness (QED) is 0.331. The van der Waals surface area contributed by atoms with Gasteiger partial charge in [0, 0.05) is 6.42 Å². The fourth-order valence-corrected chi connectivity index (χ4v) is 0.186. The molecule has 0 fully saturated rings. The number of allylic oxidation sites excluding steroid dienone is 2. The zero-order valence-electron chi connectivity index (χ0n) is 3.94. The van der Waals surface area contributed by atoms with E-state index in [0.717, 1.165) is 6.42 Å². The predicted molar refractivity (Wildman–Crippen MR) is 28.3 cm³/mol. The number of hydrogen-bond acceptors (Lipinski definition) is 0. The Labute approximate surface area is 38.9 Å². The highest BCUT2D eigenvalue weighted by molar-refractivity contribution is 4.94. The Morgan fingerprint density at radius 2 is 2.50 bits per heavy atom. The molecule has 0 heteroatoms. The van der Waals surface area contributed by atoms with Crippen molar-refractivity contribution in [3.05, 3.63) is 12.2 Å². The summed E-state index contributed by atoms with van der Waals surface area (Å²) in [7, 11) is 0. The summed E-state index contributed by atoms with van der Waals surface area (Å²) in [5.74, 6) is 2.48. The molecule has 0 heterocycles. The molecule has 0 aliphatic rings. The maximum Gasteiger partial charge on any atom is 0.0266 e. The van der Waals surface area contributed by atoms with Gasteiger partial charge in [-0.15, -0.1) is 12.3 Å². The van der Waals surface area contributed by atoms with E-state index in [4.69, 9.17) is 6.42 Å². The molecule has 0 unspecified atom stereocenters. The van der Waals surface area contributed by atoms with Crippen molar-refractivity contribution in [1.29, 1.82) is 0 Å². The lowest BCUT2D eigenvalue weighted by Gasteiger charge is -1.66. The Morgan fingerprint density at radius 3 is 2.67 bits per heavy atom. The molecule has 0 aromatic rings. The lowest BCUT2D eigenvalue weighted by Crippen LogP contribution is -1.49. The molecule has 0 spiro atoms. The first kappa shape index (κ1) is 5.30. The third kappa shape index (κ3) is 3.30. The van der Waals surface area contributed by atoms with E-state index in [1.165, 1.54) is 0 Å². The van der Waals surface area contributed by atoms with Crippen LogP contribution in [0.1, 0.15) is 13.3 Å². The van der Waals surface area contributed by atoms with Gasteiger partial charge in [0.05, 0.1) is 0 Å². The molecule has 0 radical (unpaired) electrons. The fourth-order valence-electron chi connectivity index (χ4n) is 0.186. The van der Waals surface area contributed by atoms with Crippen LogP contribution in [0, 0.1) is 12.3 Å². The lowest BCUT2D eigenvalue weighted by atomic mass is 10.4. The van der Waals surface area contributed by atoms with E-state index in [1.807, 2.05) is 19.1 Å². The van der Waals surface area contributed by atoms with Crippen molar-refractivity contribution in [3.63, 3.8) is 0 Å². The maximum atomic E-state index is 4.91. The highest BCUT2D eigenvalue weighted by Crippen LogP contribution is 1.74. The van der Waals surface area contributed by atoms with E-state index >= 15 is 0 Å². The van der Waals surface area contributed by atoms with Gasteiger partial charge in [0.25, 0.3) is 0 Å². The first-order valence-electron chi connectivity index (χ1n) is 1.96. The van der Waals surface area contributed by atoms with Crippen LogP contribution in [-0.4, -0.2) is 0 Å². The molecule has 0 aliphatic heterocycles. The first-order chi connectivity index (χ1) is 2.91. The third-order valence-corrected chi connectivity index (χ3v) is 0.471. The Bertz CT molecular complexity index is 72.5. The van der Waals surface area contributed by atoms with Gasteiger partial charge in [0.2, 0.25) is 0 Å². The van der Waals surface area contributed by atoms with Crippen LogP contribution in [0.15, 0.2) is 12.2 Å². The number of terminal acetylenes is 1. The summed E-state index contributed by atoms with van der Waals surface area (Å²) in [6, 6.07) is 0. The van der Waals surface area contributed by atoms with Crippen molar-refractivity contribution in [2.24, 2.45) is 0 Å². The van der Waals surface area contributed by atoms with Crippen LogP contribution >= 0.6 is 0 Å². The topological polar surface area (TPSA) is 0 Å². The van der Waals surface area contributed by atoms with Gasteiger partial charge in [-0.25, -0.2) is 0 Å². The van der Waals surface area contributed by atoms with Crippen LogP contribution in [0.2, 0.25) is 0 Å². The molecule has 0 aromatic carbocycles. The molecule has 0 aromatic heterocycles. The first-order valence-corrected chi connectivity index (χ1v) is 1.96. The second-order valence-electron chi connectivity index (χ2n) is 0.977. The van der Waals surface area contributed by atoms with E-state index in [1.54, 1.807) is 0 Å². The SMILES string of the molecule is C#CC/C=C\C. The Hall–Kier alpha value is -0.700. The van der Waals surface area contributed by atoms with Gasteiger partial charge in [0.15, 0.2) is 0 Å². The lowest BCUT2D eigenvalue weighted by molar-refractivity contribution is 1.45. The Morgan fingerprint density at radius 1 is 1.83 bits per heavy atom. The van der Waals surface area contributed by atoms with E-state index < -0.39 is 0 Å². The summed E-state index contributed by atoms with van der Waals surface area (Å²) < 4.78 is 0. The molecule has 0 rings (SSSR count). The molecule has 0 saturated carbocycles. The molecule has 32 valence electrons. The summed E-state index contributed by atoms with van der Waals surface area (Å²) in [5, 5.41) is 0. The van der Waals surface area contributed by atoms with Crippen LogP contribution in [0.3, 0.4) is 0 Å². The molecule has 0 atom stereocenters. The van der Waals surface area contributed by atoms with Gasteiger partial charge < -0.3 is 0 Å². The van der Waals surface area contributed by atoms with Gasteiger partial charge in [-0.3, -0.25) is 0 Å². The normalized spacial score (nSPS) is 8.67. The van der Waals surface area contributed by atoms with Crippen molar-refractivity contribution >= 4 is 0 Å². The van der Waals surface area contributed by atoms with E-state index in [0.29, 0.717) is 0 Å². The van der Waals surface area contributed by atoms with Crippen molar-refractivity contribution in [2.75, 3.05) is 0 Å². The summed E-state index contributed by atoms with van der Waals surface area (Å²) >= 11 is 0. The highest BCUT2D eigenvalue weighted by Gasteiger charge is 1.57. The average Bonchev–Trinajstić information content (AvgIpc) is 1.61. The third-order valence-electron chi connectivity index (χ3n) is 0.471. The minimum absolute atomic E-state index is 0.760. The predicted octanol–water partition coefficient (Wildman–Crippen LogP) is 1.59. The summed E-state index contributed by atoms with van der Waals surface area (Å²) in [6.07, 6.45) is 9.56. The molecule has 0 aliphatic carbocycles. The number of hydrogen-bond donors (Lipinski definition) is 0. The minimum Gasteiger partial charge on any atom is -0.120 e. The van der Waals surface area contributed by atoms with Crippen molar-refractivity contribution in [1.82, 2.24) is 0 Å². The van der Waals surface area contributed by atoms with E-state index in [9.17, 15) is 0 Å². The fraction of sp³-hybridized carbons (Fsp3) is 0.333. The van der Waals surface area contributed by atoms with Crippen molar-refractivity contribution in [3.8, 4) is 12.3 Å². The van der Waals surface area contributed by atoms with Crippen LogP contribution < -0.4 is 0 Å². The largest absolute Gasteiger partial charge is 0.120 e. The van der Waals surface area contributed by atoms with Crippen molar-refractivity contribution < 1.29 is 0 Å². The second kappa shape index (κ2) is 4.30. The molecular weight excluding hydrogens is 72.1 g/mol. The van der Waals surface area contributed by atoms with Crippen LogP contribution in [0.4, 0.5) is 0 Å². The molecule has 6 heavy (non-hydrogen) atoms. The van der Waals surface area contributed by atoms with Gasteiger partial charge in [-0.1, -0.05) is 12.2 Å². The van der Waals surface area contributed by atoms with Gasteiger partial charge in [-0.2, -0.15) is 0 Å². The average molecular weight is 80.1 g/mol. The smallest absolute Gasteiger partial charge is 0.0266 e. The van der Waals surface area contributed by atoms with Gasteiger partial charge >= 0.3 is 0 Å². The monoisotopic (exact) mass is 80.1 g/mol. The van der Waals surface area contributed by atoms with Crippen LogP contribution in [0.5, 0.6) is 0 Å². The van der Waals surface area contributed by atoms with Gasteiger partial charge in [0.1, 0.15) is 0 Å². The molecule has 0 amide bonds. The zero-order valence-corrected chi connectivity index (χ0v) is 3.94. The minimum atomic E-state index is 0.760. The summed E-state index contributed by atoms with van der Waals surface area (Å²) in [6.45, 7) is 1.96. The highest BCUT2D eigenvalue weighted by atomic mass is 13.6. The summed E-state index contributed by atoms with van der Waals surface area (Å²) in [4.78, 5) is 0. The van der Waals surface area contributed by atoms with Crippen molar-refractivity contribution in [2.45, 2.75) is 13.3 Å². The number of rotatable bonds is 1. The second-order valence-corrected chi connectivity index (χ2v) is 0.977. The molecule has 0 N–H and O–H groups in total. The maximum absolute atomic E-state index is 4.91. The standard InChI is InChI=1S/C6H8/c1-3-5-6-4-2/h1,4,6H,5H2,2H3/b6-4-. The van der Waals surface area contributed by atoms with Gasteiger partial charge in [-0.05, 0) is 6.92 Å². The zero-order chi connectivity index (χ0) is 4.83. The van der Waals surface area contributed by atoms with Crippen LogP contribution in [0.25, 0.3) is 0 Å². The Balaban J connectivity index is 2.92. The van der Waals surface area contributed by atoms with Crippen LogP contribution in [-0.2, 0) is 0 Å². The molecule has 0 nitrogen and oxygen atoms in total. The molecule has 0 saturated heterocycles. The van der Waals surface area contributed by atoms with E-state index in [2.05, 4.69) is 5.92 Å².